The first-order chi connectivity index (χ1) is 39.7. The SMILES string of the molecule is c1ccc(-c2cccc(N(c3ccc(-c4ccc(N(c5ccc(-c6nc7ccccn7c6-c6ccccc6)cc5)c5cccc(-c6ccccc6)c5)cc4)cc3)c3ccc(-c4nc5ccccn5c4-c4ccccc4)cc3)c2)cc1. The van der Waals surface area contributed by atoms with Gasteiger partial charge in [0.1, 0.15) is 11.3 Å². The van der Waals surface area contributed by atoms with Gasteiger partial charge in [-0.2, -0.15) is 0 Å². The first-order valence-corrected chi connectivity index (χ1v) is 27.0. The summed E-state index contributed by atoms with van der Waals surface area (Å²) < 4.78 is 4.36. The Kier molecular flexibility index (Phi) is 12.5. The van der Waals surface area contributed by atoms with Crippen LogP contribution in [0.4, 0.5) is 34.1 Å². The Morgan fingerprint density at radius 2 is 0.500 bits per heavy atom. The van der Waals surface area contributed by atoms with Crippen molar-refractivity contribution in [1.82, 2.24) is 18.8 Å². The van der Waals surface area contributed by atoms with E-state index in [1.165, 1.54) is 11.1 Å². The van der Waals surface area contributed by atoms with Crippen molar-refractivity contribution in [1.29, 1.82) is 0 Å². The molecule has 6 nitrogen and oxygen atoms in total. The van der Waals surface area contributed by atoms with Crippen LogP contribution in [-0.2, 0) is 0 Å². The molecule has 0 spiro atoms. The lowest BCUT2D eigenvalue weighted by molar-refractivity contribution is 1.19. The van der Waals surface area contributed by atoms with Crippen molar-refractivity contribution in [3.8, 4) is 78.4 Å². The molecule has 0 aliphatic carbocycles. The van der Waals surface area contributed by atoms with Gasteiger partial charge in [-0.05, 0) is 130 Å². The monoisotopic (exact) mass is 1020 g/mol. The molecule has 0 N–H and O–H groups in total. The third kappa shape index (κ3) is 9.16. The van der Waals surface area contributed by atoms with Gasteiger partial charge in [0.2, 0.25) is 0 Å². The van der Waals surface area contributed by atoms with Gasteiger partial charge in [0.05, 0.1) is 22.8 Å². The van der Waals surface area contributed by atoms with Crippen molar-refractivity contribution in [2.75, 3.05) is 9.80 Å². The summed E-state index contributed by atoms with van der Waals surface area (Å²) in [6.07, 6.45) is 4.18. The zero-order chi connectivity index (χ0) is 53.2. The largest absolute Gasteiger partial charge is 0.310 e. The highest BCUT2D eigenvalue weighted by Crippen LogP contribution is 2.43. The number of hydrogen-bond donors (Lipinski definition) is 0. The number of pyridine rings is 2. The summed E-state index contributed by atoms with van der Waals surface area (Å²) >= 11 is 0. The molecule has 0 aliphatic rings. The topological polar surface area (TPSA) is 41.1 Å². The number of fused-ring (bicyclic) bond motifs is 2. The molecule has 0 radical (unpaired) electrons. The Morgan fingerprint density at radius 3 is 0.850 bits per heavy atom. The molecule has 0 amide bonds. The van der Waals surface area contributed by atoms with Crippen LogP contribution in [-0.4, -0.2) is 18.8 Å². The first kappa shape index (κ1) is 47.6. The summed E-state index contributed by atoms with van der Waals surface area (Å²) in [6, 6.07) is 108. The second-order valence-corrected chi connectivity index (χ2v) is 19.9. The maximum Gasteiger partial charge on any atom is 0.137 e. The van der Waals surface area contributed by atoms with Gasteiger partial charge < -0.3 is 9.80 Å². The van der Waals surface area contributed by atoms with Crippen LogP contribution >= 0.6 is 0 Å². The van der Waals surface area contributed by atoms with Gasteiger partial charge in [0.25, 0.3) is 0 Å². The standard InChI is InChI=1S/C74H52N6/c1-5-19-53(20-6-1)61-27-17-29-67(51-61)79(65-45-37-57(38-46-65)71-73(59-23-9-3-10-24-59)77-49-15-13-31-69(77)75-71)63-41-33-55(34-42-63)56-35-43-64(44-36-56)80(68-30-18-28-62(52-68)54-21-7-2-8-22-54)66-47-39-58(40-48-66)72-74(60-25-11-4-12-26-60)78-50-16-14-32-70(78)76-72/h1-52H. The summed E-state index contributed by atoms with van der Waals surface area (Å²) in [5.41, 5.74) is 23.4. The van der Waals surface area contributed by atoms with E-state index in [0.29, 0.717) is 0 Å². The second kappa shape index (κ2) is 21.0. The normalized spacial score (nSPS) is 11.2. The minimum Gasteiger partial charge on any atom is -0.310 e. The Labute approximate surface area is 465 Å². The average molecular weight is 1030 g/mol. The number of benzene rings is 10. The molecule has 6 heteroatoms. The highest BCUT2D eigenvalue weighted by atomic mass is 15.1. The third-order valence-corrected chi connectivity index (χ3v) is 15.0. The third-order valence-electron chi connectivity index (χ3n) is 15.0. The van der Waals surface area contributed by atoms with Gasteiger partial charge in [0, 0.05) is 68.8 Å². The summed E-state index contributed by atoms with van der Waals surface area (Å²) in [4.78, 5) is 15.0. The van der Waals surface area contributed by atoms with E-state index in [0.717, 1.165) is 113 Å². The van der Waals surface area contributed by atoms with E-state index in [1.54, 1.807) is 0 Å². The molecule has 10 aromatic carbocycles. The van der Waals surface area contributed by atoms with Gasteiger partial charge in [-0.25, -0.2) is 9.97 Å². The summed E-state index contributed by atoms with van der Waals surface area (Å²) in [5.74, 6) is 0. The molecule has 0 fully saturated rings. The van der Waals surface area contributed by atoms with Crippen LogP contribution in [0.5, 0.6) is 0 Å². The van der Waals surface area contributed by atoms with Crippen molar-refractivity contribution >= 4 is 45.4 Å². The number of nitrogens with zero attached hydrogens (tertiary/aromatic N) is 6. The van der Waals surface area contributed by atoms with Gasteiger partial charge in [0.15, 0.2) is 0 Å². The lowest BCUT2D eigenvalue weighted by Crippen LogP contribution is -2.10. The lowest BCUT2D eigenvalue weighted by Gasteiger charge is -2.27. The van der Waals surface area contributed by atoms with E-state index in [4.69, 9.17) is 9.97 Å². The molecular formula is C74H52N6. The van der Waals surface area contributed by atoms with E-state index in [2.05, 4.69) is 322 Å². The maximum atomic E-state index is 5.17. The zero-order valence-electron chi connectivity index (χ0n) is 43.7. The summed E-state index contributed by atoms with van der Waals surface area (Å²) in [7, 11) is 0. The highest BCUT2D eigenvalue weighted by Gasteiger charge is 2.21. The fourth-order valence-electron chi connectivity index (χ4n) is 11.1. The summed E-state index contributed by atoms with van der Waals surface area (Å²) in [5, 5.41) is 0. The van der Waals surface area contributed by atoms with Crippen LogP contribution in [0.3, 0.4) is 0 Å². The second-order valence-electron chi connectivity index (χ2n) is 19.9. The minimum absolute atomic E-state index is 0.911. The number of anilines is 6. The molecule has 0 bridgehead atoms. The fraction of sp³-hybridized carbons (Fsp3) is 0. The van der Waals surface area contributed by atoms with Gasteiger partial charge in [-0.3, -0.25) is 8.80 Å². The van der Waals surface area contributed by atoms with Gasteiger partial charge >= 0.3 is 0 Å². The van der Waals surface area contributed by atoms with Gasteiger partial charge in [-0.15, -0.1) is 0 Å². The van der Waals surface area contributed by atoms with Crippen LogP contribution in [0.15, 0.2) is 316 Å². The lowest BCUT2D eigenvalue weighted by atomic mass is 10.0. The predicted molar refractivity (Wildman–Crippen MR) is 331 cm³/mol. The number of hydrogen-bond acceptors (Lipinski definition) is 4. The van der Waals surface area contributed by atoms with E-state index < -0.39 is 0 Å². The van der Waals surface area contributed by atoms with Crippen LogP contribution < -0.4 is 9.80 Å². The van der Waals surface area contributed by atoms with Gasteiger partial charge in [-0.1, -0.05) is 206 Å². The van der Waals surface area contributed by atoms with Crippen molar-refractivity contribution in [2.45, 2.75) is 0 Å². The predicted octanol–water partition coefficient (Wildman–Crippen LogP) is 19.6. The Morgan fingerprint density at radius 1 is 0.212 bits per heavy atom. The van der Waals surface area contributed by atoms with Crippen molar-refractivity contribution < 1.29 is 0 Å². The fourth-order valence-corrected chi connectivity index (χ4v) is 11.1. The summed E-state index contributed by atoms with van der Waals surface area (Å²) in [6.45, 7) is 0. The van der Waals surface area contributed by atoms with E-state index >= 15 is 0 Å². The Hall–Kier alpha value is -10.8. The highest BCUT2D eigenvalue weighted by molar-refractivity contribution is 5.88. The molecule has 0 atom stereocenters. The number of imidazole rings is 2. The quantitative estimate of drug-likeness (QED) is 0.115. The average Bonchev–Trinajstić information content (AvgIpc) is 4.30. The Balaban J connectivity index is 0.810. The molecule has 378 valence electrons. The van der Waals surface area contributed by atoms with Crippen LogP contribution in [0.25, 0.3) is 89.7 Å². The van der Waals surface area contributed by atoms with Crippen molar-refractivity contribution in [2.24, 2.45) is 0 Å². The molecule has 0 aliphatic heterocycles. The van der Waals surface area contributed by atoms with Crippen molar-refractivity contribution in [3.05, 3.63) is 316 Å². The molecule has 0 saturated heterocycles. The van der Waals surface area contributed by atoms with Crippen molar-refractivity contribution in [3.63, 3.8) is 0 Å². The minimum atomic E-state index is 0.911. The molecular weight excluding hydrogens is 973 g/mol. The Bertz CT molecular complexity index is 4130. The molecule has 14 rings (SSSR count). The zero-order valence-corrected chi connectivity index (χ0v) is 43.7. The van der Waals surface area contributed by atoms with E-state index in [9.17, 15) is 0 Å². The molecule has 0 saturated carbocycles. The number of aromatic nitrogens is 4. The van der Waals surface area contributed by atoms with Crippen LogP contribution in [0.1, 0.15) is 0 Å². The molecule has 4 heterocycles. The smallest absolute Gasteiger partial charge is 0.137 e. The number of rotatable bonds is 13. The molecule has 0 unspecified atom stereocenters. The molecule has 80 heavy (non-hydrogen) atoms. The van der Waals surface area contributed by atoms with Crippen LogP contribution in [0, 0.1) is 0 Å². The maximum absolute atomic E-state index is 5.17. The first-order valence-electron chi connectivity index (χ1n) is 27.0. The molecule has 4 aromatic heterocycles. The van der Waals surface area contributed by atoms with Crippen LogP contribution in [0.2, 0.25) is 0 Å². The van der Waals surface area contributed by atoms with E-state index in [1.807, 2.05) is 12.1 Å². The van der Waals surface area contributed by atoms with E-state index in [-0.39, 0.29) is 0 Å². The molecule has 14 aromatic rings.